The molecule has 0 saturated heterocycles. The first-order valence-corrected chi connectivity index (χ1v) is 11.1. The van der Waals surface area contributed by atoms with Gasteiger partial charge in [0.1, 0.15) is 17.7 Å². The van der Waals surface area contributed by atoms with Gasteiger partial charge in [-0.2, -0.15) is 5.10 Å². The highest BCUT2D eigenvalue weighted by molar-refractivity contribution is 6.04. The number of hydrogen-bond donors (Lipinski definition) is 1. The normalized spacial score (nSPS) is 17.9. The van der Waals surface area contributed by atoms with Gasteiger partial charge >= 0.3 is 0 Å². The summed E-state index contributed by atoms with van der Waals surface area (Å²) in [4.78, 5) is 28.0. The van der Waals surface area contributed by atoms with E-state index in [1.807, 2.05) is 51.1 Å². The molecule has 1 N–H and O–H groups in total. The van der Waals surface area contributed by atoms with Crippen LogP contribution in [0.1, 0.15) is 43.0 Å². The van der Waals surface area contributed by atoms with Crippen LogP contribution in [0.2, 0.25) is 0 Å². The SMILES string of the molecule is CC/C=C/C(=O)N[C@@H]1C(=O)N(CC)c2c(c(C)nn2-c2ccccc2)[C@@H]1c1ccc(F)cc1. The number of aromatic nitrogens is 2. The lowest BCUT2D eigenvalue weighted by atomic mass is 9.81. The Balaban J connectivity index is 1.92. The fraction of sp³-hybridized carbons (Fsp3) is 0.269. The number of carbonyl (C=O) groups is 2. The minimum atomic E-state index is -0.843. The van der Waals surface area contributed by atoms with Crippen LogP contribution in [0, 0.1) is 12.7 Å². The molecule has 170 valence electrons. The standard InChI is InChI=1S/C26H27FN4O2/c1-4-6-12-21(32)28-24-23(18-13-15-19(27)16-14-18)22-17(3)29-31(20-10-8-7-9-11-20)25(22)30(5-2)26(24)33/h6-16,23-24H,4-5H2,1-3H3,(H,28,32)/b12-6+/t23-,24-/m0/s1. The largest absolute Gasteiger partial charge is 0.340 e. The smallest absolute Gasteiger partial charge is 0.251 e. The van der Waals surface area contributed by atoms with Crippen molar-refractivity contribution in [3.05, 3.63) is 89.4 Å². The van der Waals surface area contributed by atoms with Crippen molar-refractivity contribution in [1.82, 2.24) is 15.1 Å². The van der Waals surface area contributed by atoms with Crippen LogP contribution in [0.25, 0.3) is 5.69 Å². The second-order valence-corrected chi connectivity index (χ2v) is 7.98. The number of halogens is 1. The monoisotopic (exact) mass is 446 g/mol. The van der Waals surface area contributed by atoms with Crippen molar-refractivity contribution in [2.24, 2.45) is 0 Å². The molecule has 2 heterocycles. The molecule has 7 heteroatoms. The first kappa shape index (κ1) is 22.5. The highest BCUT2D eigenvalue weighted by Gasteiger charge is 2.45. The van der Waals surface area contributed by atoms with E-state index in [9.17, 15) is 14.0 Å². The number of likely N-dealkylation sites (N-methyl/N-ethyl adjacent to an activating group) is 1. The maximum atomic E-state index is 13.7. The minimum absolute atomic E-state index is 0.227. The molecule has 2 atom stereocenters. The fourth-order valence-corrected chi connectivity index (χ4v) is 4.39. The quantitative estimate of drug-likeness (QED) is 0.575. The number of amides is 2. The van der Waals surface area contributed by atoms with Gasteiger partial charge in [0.25, 0.3) is 5.91 Å². The van der Waals surface area contributed by atoms with Crippen LogP contribution in [0.15, 0.2) is 66.7 Å². The number of benzene rings is 2. The van der Waals surface area contributed by atoms with E-state index < -0.39 is 12.0 Å². The highest BCUT2D eigenvalue weighted by atomic mass is 19.1. The van der Waals surface area contributed by atoms with Gasteiger partial charge in [-0.25, -0.2) is 9.07 Å². The predicted molar refractivity (Wildman–Crippen MR) is 126 cm³/mol. The van der Waals surface area contributed by atoms with Crippen molar-refractivity contribution < 1.29 is 14.0 Å². The Bertz CT molecular complexity index is 1190. The molecular formula is C26H27FN4O2. The van der Waals surface area contributed by atoms with Crippen LogP contribution in [-0.2, 0) is 9.59 Å². The number of aryl methyl sites for hydroxylation is 1. The molecule has 33 heavy (non-hydrogen) atoms. The van der Waals surface area contributed by atoms with Gasteiger partial charge < -0.3 is 5.32 Å². The van der Waals surface area contributed by atoms with Gasteiger partial charge in [-0.05, 0) is 56.2 Å². The Labute approximate surface area is 192 Å². The summed E-state index contributed by atoms with van der Waals surface area (Å²) in [5, 5.41) is 7.67. The van der Waals surface area contributed by atoms with Gasteiger partial charge in [-0.15, -0.1) is 0 Å². The Morgan fingerprint density at radius 3 is 2.45 bits per heavy atom. The van der Waals surface area contributed by atoms with Crippen LogP contribution in [0.4, 0.5) is 10.2 Å². The van der Waals surface area contributed by atoms with E-state index in [4.69, 9.17) is 5.10 Å². The lowest BCUT2D eigenvalue weighted by Crippen LogP contribution is -2.55. The van der Waals surface area contributed by atoms with Crippen molar-refractivity contribution in [1.29, 1.82) is 0 Å². The van der Waals surface area contributed by atoms with E-state index in [2.05, 4.69) is 5.32 Å². The summed E-state index contributed by atoms with van der Waals surface area (Å²) in [6, 6.07) is 14.9. The molecule has 0 unspecified atom stereocenters. The fourth-order valence-electron chi connectivity index (χ4n) is 4.39. The number of anilines is 1. The molecular weight excluding hydrogens is 419 g/mol. The number of carbonyl (C=O) groups excluding carboxylic acids is 2. The molecule has 0 bridgehead atoms. The molecule has 3 aromatic rings. The molecule has 6 nitrogen and oxygen atoms in total. The van der Waals surface area contributed by atoms with E-state index in [0.717, 1.165) is 22.5 Å². The number of nitrogens with zero attached hydrogens (tertiary/aromatic N) is 3. The number of allylic oxidation sites excluding steroid dienone is 1. The van der Waals surface area contributed by atoms with Gasteiger partial charge in [-0.1, -0.05) is 43.3 Å². The molecule has 0 radical (unpaired) electrons. The zero-order chi connectivity index (χ0) is 23.5. The van der Waals surface area contributed by atoms with Crippen molar-refractivity contribution in [3.63, 3.8) is 0 Å². The summed E-state index contributed by atoms with van der Waals surface area (Å²) in [6.07, 6.45) is 3.90. The maximum absolute atomic E-state index is 13.7. The number of rotatable bonds is 6. The Kier molecular flexibility index (Phi) is 6.40. The predicted octanol–water partition coefficient (Wildman–Crippen LogP) is 4.27. The second kappa shape index (κ2) is 9.40. The average Bonchev–Trinajstić information content (AvgIpc) is 3.16. The number of para-hydroxylation sites is 1. The number of nitrogens with one attached hydrogen (secondary N) is 1. The summed E-state index contributed by atoms with van der Waals surface area (Å²) in [7, 11) is 0. The van der Waals surface area contributed by atoms with E-state index in [1.54, 1.807) is 27.8 Å². The Morgan fingerprint density at radius 1 is 1.12 bits per heavy atom. The molecule has 4 rings (SSSR count). The van der Waals surface area contributed by atoms with Gasteiger partial charge in [0, 0.05) is 18.0 Å². The van der Waals surface area contributed by atoms with Crippen molar-refractivity contribution in [2.75, 3.05) is 11.4 Å². The highest BCUT2D eigenvalue weighted by Crippen LogP contribution is 2.43. The molecule has 1 aromatic heterocycles. The molecule has 0 fully saturated rings. The van der Waals surface area contributed by atoms with Gasteiger partial charge in [0.05, 0.1) is 11.4 Å². The Hall–Kier alpha value is -3.74. The molecule has 0 spiro atoms. The van der Waals surface area contributed by atoms with E-state index in [-0.39, 0.29) is 17.6 Å². The van der Waals surface area contributed by atoms with Crippen LogP contribution < -0.4 is 10.2 Å². The second-order valence-electron chi connectivity index (χ2n) is 7.98. The average molecular weight is 447 g/mol. The first-order valence-electron chi connectivity index (χ1n) is 11.1. The van der Waals surface area contributed by atoms with Crippen molar-refractivity contribution in [3.8, 4) is 5.69 Å². The molecule has 1 aliphatic rings. The molecule has 0 saturated carbocycles. The summed E-state index contributed by atoms with van der Waals surface area (Å²) in [5.41, 5.74) is 3.16. The summed E-state index contributed by atoms with van der Waals surface area (Å²) >= 11 is 0. The lowest BCUT2D eigenvalue weighted by Gasteiger charge is -2.38. The topological polar surface area (TPSA) is 67.2 Å². The molecule has 2 aromatic carbocycles. The molecule has 1 aliphatic heterocycles. The van der Waals surface area contributed by atoms with Crippen LogP contribution in [0.5, 0.6) is 0 Å². The zero-order valence-corrected chi connectivity index (χ0v) is 19.0. The summed E-state index contributed by atoms with van der Waals surface area (Å²) in [6.45, 7) is 6.14. The van der Waals surface area contributed by atoms with Crippen LogP contribution in [0.3, 0.4) is 0 Å². The van der Waals surface area contributed by atoms with Crippen molar-refractivity contribution >= 4 is 17.6 Å². The van der Waals surface area contributed by atoms with Crippen LogP contribution >= 0.6 is 0 Å². The number of hydrogen-bond acceptors (Lipinski definition) is 3. The zero-order valence-electron chi connectivity index (χ0n) is 19.0. The van der Waals surface area contributed by atoms with Gasteiger partial charge in [0.15, 0.2) is 0 Å². The summed E-state index contributed by atoms with van der Waals surface area (Å²) in [5.74, 6) is -0.758. The number of fused-ring (bicyclic) bond motifs is 1. The third-order valence-electron chi connectivity index (χ3n) is 5.86. The van der Waals surface area contributed by atoms with Crippen LogP contribution in [-0.4, -0.2) is 34.2 Å². The molecule has 2 amide bonds. The Morgan fingerprint density at radius 2 is 1.82 bits per heavy atom. The first-order chi connectivity index (χ1) is 16.0. The summed E-state index contributed by atoms with van der Waals surface area (Å²) < 4.78 is 15.5. The van der Waals surface area contributed by atoms with Gasteiger partial charge in [0.2, 0.25) is 5.91 Å². The minimum Gasteiger partial charge on any atom is -0.340 e. The third kappa shape index (κ3) is 4.18. The van der Waals surface area contributed by atoms with Gasteiger partial charge in [-0.3, -0.25) is 14.5 Å². The lowest BCUT2D eigenvalue weighted by molar-refractivity contribution is -0.126. The maximum Gasteiger partial charge on any atom is 0.251 e. The van der Waals surface area contributed by atoms with E-state index in [1.165, 1.54) is 18.2 Å². The van der Waals surface area contributed by atoms with Crippen molar-refractivity contribution in [2.45, 2.75) is 39.2 Å². The molecule has 0 aliphatic carbocycles. The van der Waals surface area contributed by atoms with E-state index >= 15 is 0 Å². The third-order valence-corrected chi connectivity index (χ3v) is 5.86. The van der Waals surface area contributed by atoms with E-state index in [0.29, 0.717) is 18.8 Å².